The van der Waals surface area contributed by atoms with Crippen LogP contribution >= 0.6 is 0 Å². The van der Waals surface area contributed by atoms with E-state index in [2.05, 4.69) is 11.8 Å². The summed E-state index contributed by atoms with van der Waals surface area (Å²) in [5, 5.41) is 9.04. The van der Waals surface area contributed by atoms with E-state index in [1.54, 1.807) is 0 Å². The van der Waals surface area contributed by atoms with Gasteiger partial charge in [0.2, 0.25) is 0 Å². The van der Waals surface area contributed by atoms with Crippen molar-refractivity contribution in [2.75, 3.05) is 13.2 Å². The lowest BCUT2D eigenvalue weighted by molar-refractivity contribution is 0.0581. The summed E-state index contributed by atoms with van der Waals surface area (Å²) >= 11 is 0. The molecule has 0 aromatic rings. The van der Waals surface area contributed by atoms with Gasteiger partial charge in [0, 0.05) is 24.2 Å². The van der Waals surface area contributed by atoms with Crippen molar-refractivity contribution in [3.63, 3.8) is 0 Å². The molecule has 2 aliphatic rings. The Morgan fingerprint density at radius 2 is 2.21 bits per heavy atom. The molecular weight excluding hydrogens is 176 g/mol. The predicted octanol–water partition coefficient (Wildman–Crippen LogP) is 0.713. The number of likely N-dealkylation sites (tertiary alicyclic amines) is 1. The maximum absolute atomic E-state index is 9.04. The van der Waals surface area contributed by atoms with Gasteiger partial charge < -0.3 is 10.8 Å². The second-order valence-corrected chi connectivity index (χ2v) is 4.96. The highest BCUT2D eigenvalue weighted by Gasteiger charge is 2.43. The maximum atomic E-state index is 9.04. The zero-order valence-electron chi connectivity index (χ0n) is 9.08. The van der Waals surface area contributed by atoms with Gasteiger partial charge in [0.15, 0.2) is 0 Å². The van der Waals surface area contributed by atoms with Gasteiger partial charge in [0.05, 0.1) is 0 Å². The van der Waals surface area contributed by atoms with Crippen molar-refractivity contribution in [3.05, 3.63) is 0 Å². The topological polar surface area (TPSA) is 49.5 Å². The Morgan fingerprint density at radius 1 is 1.50 bits per heavy atom. The van der Waals surface area contributed by atoms with Crippen LogP contribution in [0.1, 0.15) is 39.0 Å². The zero-order valence-corrected chi connectivity index (χ0v) is 9.08. The van der Waals surface area contributed by atoms with Crippen LogP contribution in [0.25, 0.3) is 0 Å². The Hall–Kier alpha value is -0.120. The molecule has 0 spiro atoms. The smallest absolute Gasteiger partial charge is 0.0449 e. The van der Waals surface area contributed by atoms with Crippen LogP contribution in [-0.4, -0.2) is 40.8 Å². The van der Waals surface area contributed by atoms with E-state index < -0.39 is 0 Å². The van der Waals surface area contributed by atoms with E-state index in [0.717, 1.165) is 18.9 Å². The molecule has 0 aromatic heterocycles. The van der Waals surface area contributed by atoms with Gasteiger partial charge in [0.1, 0.15) is 0 Å². The molecule has 2 rings (SSSR count). The summed E-state index contributed by atoms with van der Waals surface area (Å²) in [4.78, 5) is 2.55. The quantitative estimate of drug-likeness (QED) is 0.702. The molecule has 3 heteroatoms. The first-order chi connectivity index (χ1) is 6.67. The minimum Gasteiger partial charge on any atom is -0.396 e. The molecule has 1 saturated heterocycles. The summed E-state index contributed by atoms with van der Waals surface area (Å²) in [6, 6.07) is 1.24. The predicted molar refractivity (Wildman–Crippen MR) is 57.0 cm³/mol. The SMILES string of the molecule is CC1N(C2CC2)CCCC1(N)CCO. The van der Waals surface area contributed by atoms with Gasteiger partial charge >= 0.3 is 0 Å². The van der Waals surface area contributed by atoms with Crippen molar-refractivity contribution in [1.29, 1.82) is 0 Å². The van der Waals surface area contributed by atoms with E-state index in [1.165, 1.54) is 25.8 Å². The molecule has 2 atom stereocenters. The van der Waals surface area contributed by atoms with Gasteiger partial charge in [-0.05, 0) is 45.6 Å². The molecule has 14 heavy (non-hydrogen) atoms. The van der Waals surface area contributed by atoms with E-state index in [-0.39, 0.29) is 12.1 Å². The van der Waals surface area contributed by atoms with Gasteiger partial charge in [-0.25, -0.2) is 0 Å². The van der Waals surface area contributed by atoms with Crippen LogP contribution < -0.4 is 5.73 Å². The monoisotopic (exact) mass is 198 g/mol. The first kappa shape index (κ1) is 10.4. The number of hydrogen-bond donors (Lipinski definition) is 2. The molecular formula is C11H22N2O. The minimum absolute atomic E-state index is 0.143. The highest BCUT2D eigenvalue weighted by atomic mass is 16.3. The van der Waals surface area contributed by atoms with Crippen molar-refractivity contribution >= 4 is 0 Å². The standard InChI is InChI=1S/C11H22N2O/c1-9-11(12,6-8-14)5-2-7-13(9)10-3-4-10/h9-10,14H,2-8,12H2,1H3. The van der Waals surface area contributed by atoms with Crippen LogP contribution in [0.15, 0.2) is 0 Å². The molecule has 1 heterocycles. The van der Waals surface area contributed by atoms with Crippen molar-refractivity contribution in [2.45, 2.75) is 56.7 Å². The van der Waals surface area contributed by atoms with Crippen molar-refractivity contribution in [1.82, 2.24) is 4.90 Å². The van der Waals surface area contributed by atoms with E-state index in [9.17, 15) is 0 Å². The Labute approximate surface area is 86.3 Å². The number of aliphatic hydroxyl groups is 1. The largest absolute Gasteiger partial charge is 0.396 e. The van der Waals surface area contributed by atoms with Gasteiger partial charge in [-0.1, -0.05) is 0 Å². The van der Waals surface area contributed by atoms with Crippen LogP contribution in [0.4, 0.5) is 0 Å². The van der Waals surface area contributed by atoms with E-state index in [1.807, 2.05) is 0 Å². The number of nitrogens with two attached hydrogens (primary N) is 1. The summed E-state index contributed by atoms with van der Waals surface area (Å²) in [5.41, 5.74) is 6.22. The van der Waals surface area contributed by atoms with Crippen LogP contribution in [0.5, 0.6) is 0 Å². The zero-order chi connectivity index (χ0) is 10.2. The number of rotatable bonds is 3. The fourth-order valence-electron chi connectivity index (χ4n) is 2.77. The Bertz CT molecular complexity index is 201. The van der Waals surface area contributed by atoms with Gasteiger partial charge in [-0.3, -0.25) is 4.90 Å². The molecule has 3 nitrogen and oxygen atoms in total. The molecule has 0 aromatic carbocycles. The summed E-state index contributed by atoms with van der Waals surface area (Å²) in [6.45, 7) is 3.66. The van der Waals surface area contributed by atoms with Crippen LogP contribution in [0.3, 0.4) is 0 Å². The average Bonchev–Trinajstić information content (AvgIpc) is 2.94. The fraction of sp³-hybridized carbons (Fsp3) is 1.00. The normalized spacial score (nSPS) is 40.1. The number of piperidine rings is 1. The first-order valence-corrected chi connectivity index (χ1v) is 5.83. The second-order valence-electron chi connectivity index (χ2n) is 4.96. The van der Waals surface area contributed by atoms with Crippen LogP contribution in [0, 0.1) is 0 Å². The van der Waals surface area contributed by atoms with Crippen molar-refractivity contribution in [3.8, 4) is 0 Å². The highest BCUT2D eigenvalue weighted by molar-refractivity contribution is 5.02. The summed E-state index contributed by atoms with van der Waals surface area (Å²) in [6.07, 6.45) is 5.70. The lowest BCUT2D eigenvalue weighted by atomic mass is 9.80. The molecule has 0 amide bonds. The van der Waals surface area contributed by atoms with Gasteiger partial charge in [-0.2, -0.15) is 0 Å². The fourth-order valence-corrected chi connectivity index (χ4v) is 2.77. The van der Waals surface area contributed by atoms with Gasteiger partial charge in [0.25, 0.3) is 0 Å². The summed E-state index contributed by atoms with van der Waals surface area (Å²) < 4.78 is 0. The third-order valence-electron chi connectivity index (χ3n) is 3.98. The molecule has 1 saturated carbocycles. The Kier molecular flexibility index (Phi) is 2.82. The number of nitrogens with zero attached hydrogens (tertiary/aromatic N) is 1. The van der Waals surface area contributed by atoms with Crippen molar-refractivity contribution in [2.24, 2.45) is 5.73 Å². The van der Waals surface area contributed by atoms with Gasteiger partial charge in [-0.15, -0.1) is 0 Å². The molecule has 2 unspecified atom stereocenters. The van der Waals surface area contributed by atoms with E-state index in [0.29, 0.717) is 6.04 Å². The van der Waals surface area contributed by atoms with E-state index in [4.69, 9.17) is 10.8 Å². The van der Waals surface area contributed by atoms with Crippen LogP contribution in [-0.2, 0) is 0 Å². The maximum Gasteiger partial charge on any atom is 0.0449 e. The third-order valence-corrected chi connectivity index (χ3v) is 3.98. The molecule has 3 N–H and O–H groups in total. The van der Waals surface area contributed by atoms with Crippen LogP contribution in [0.2, 0.25) is 0 Å². The summed E-state index contributed by atoms with van der Waals surface area (Å²) in [7, 11) is 0. The molecule has 82 valence electrons. The summed E-state index contributed by atoms with van der Waals surface area (Å²) in [5.74, 6) is 0. The lowest BCUT2D eigenvalue weighted by Gasteiger charge is -2.46. The average molecular weight is 198 g/mol. The minimum atomic E-state index is -0.143. The first-order valence-electron chi connectivity index (χ1n) is 5.83. The van der Waals surface area contributed by atoms with E-state index >= 15 is 0 Å². The highest BCUT2D eigenvalue weighted by Crippen LogP contribution is 2.36. The second kappa shape index (κ2) is 3.80. The molecule has 0 radical (unpaired) electrons. The molecule has 1 aliphatic heterocycles. The molecule has 1 aliphatic carbocycles. The lowest BCUT2D eigenvalue weighted by Crippen LogP contribution is -2.61. The Morgan fingerprint density at radius 3 is 2.79 bits per heavy atom. The number of hydrogen-bond acceptors (Lipinski definition) is 3. The number of aliphatic hydroxyl groups excluding tert-OH is 1. The van der Waals surface area contributed by atoms with Crippen molar-refractivity contribution < 1.29 is 5.11 Å². The Balaban J connectivity index is 2.02. The molecule has 0 bridgehead atoms. The molecule has 2 fully saturated rings. The third kappa shape index (κ3) is 1.81.